The Bertz CT molecular complexity index is 648. The second kappa shape index (κ2) is 9.46. The number of carbonyl (C=O) groups excluding carboxylic acids is 3. The van der Waals surface area contributed by atoms with Crippen LogP contribution in [0.1, 0.15) is 33.3 Å². The molecule has 1 rings (SSSR count). The van der Waals surface area contributed by atoms with Gasteiger partial charge in [-0.2, -0.15) is 0 Å². The Kier molecular flexibility index (Phi) is 7.65. The number of allylic oxidation sites excluding steroid dienone is 1. The minimum absolute atomic E-state index is 0.182. The van der Waals surface area contributed by atoms with E-state index in [1.54, 1.807) is 52.0 Å². The van der Waals surface area contributed by atoms with E-state index >= 15 is 0 Å². The second-order valence-electron chi connectivity index (χ2n) is 6.32. The molecule has 0 fully saturated rings. The molecule has 0 spiro atoms. The summed E-state index contributed by atoms with van der Waals surface area (Å²) in [5.74, 6) is -0.556. The molecule has 0 atom stereocenters. The lowest BCUT2D eigenvalue weighted by Gasteiger charge is -2.19. The van der Waals surface area contributed by atoms with E-state index in [-0.39, 0.29) is 18.4 Å². The summed E-state index contributed by atoms with van der Waals surface area (Å²) in [5.41, 5.74) is 0.802. The number of nitrogens with one attached hydrogen (secondary N) is 3. The number of hydrogen-bond donors (Lipinski definition) is 3. The van der Waals surface area contributed by atoms with Gasteiger partial charge in [0, 0.05) is 12.2 Å². The van der Waals surface area contributed by atoms with Crippen molar-refractivity contribution in [2.24, 2.45) is 0 Å². The van der Waals surface area contributed by atoms with E-state index in [1.807, 2.05) is 6.07 Å². The third-order valence-electron chi connectivity index (χ3n) is 2.79. The number of alkyl carbamates (subject to hydrolysis) is 1. The predicted octanol–water partition coefficient (Wildman–Crippen LogP) is 2.34. The molecule has 7 heteroatoms. The molecule has 0 radical (unpaired) electrons. The van der Waals surface area contributed by atoms with Crippen molar-refractivity contribution < 1.29 is 19.1 Å². The predicted molar refractivity (Wildman–Crippen MR) is 96.0 cm³/mol. The first-order valence-corrected chi connectivity index (χ1v) is 7.96. The van der Waals surface area contributed by atoms with Gasteiger partial charge >= 0.3 is 6.09 Å². The molecule has 3 amide bonds. The fourth-order valence-electron chi connectivity index (χ4n) is 1.83. The van der Waals surface area contributed by atoms with Gasteiger partial charge in [-0.05, 0) is 51.5 Å². The van der Waals surface area contributed by atoms with E-state index in [4.69, 9.17) is 4.74 Å². The van der Waals surface area contributed by atoms with Gasteiger partial charge in [0.1, 0.15) is 12.1 Å². The molecule has 7 nitrogen and oxygen atoms in total. The van der Waals surface area contributed by atoms with Crippen LogP contribution in [0.2, 0.25) is 0 Å². The Morgan fingerprint density at radius 3 is 2.52 bits per heavy atom. The minimum atomic E-state index is -0.650. The molecule has 3 N–H and O–H groups in total. The van der Waals surface area contributed by atoms with E-state index in [0.717, 1.165) is 5.56 Å². The van der Waals surface area contributed by atoms with Crippen molar-refractivity contribution in [3.05, 3.63) is 42.0 Å². The smallest absolute Gasteiger partial charge is 0.408 e. The van der Waals surface area contributed by atoms with Crippen molar-refractivity contribution in [2.75, 3.05) is 11.9 Å². The Balaban J connectivity index is 2.48. The lowest BCUT2D eigenvalue weighted by atomic mass is 10.2. The van der Waals surface area contributed by atoms with Crippen molar-refractivity contribution in [2.45, 2.75) is 39.8 Å². The van der Waals surface area contributed by atoms with Gasteiger partial charge in [0.15, 0.2) is 0 Å². The minimum Gasteiger partial charge on any atom is -0.444 e. The molecule has 0 aliphatic rings. The number of carbonyl (C=O) groups is 3. The molecule has 0 bridgehead atoms. The fraction of sp³-hybridized carbons (Fsp3) is 0.389. The Morgan fingerprint density at radius 2 is 1.88 bits per heavy atom. The summed E-state index contributed by atoms with van der Waals surface area (Å²) in [7, 11) is 0. The van der Waals surface area contributed by atoms with Gasteiger partial charge < -0.3 is 20.7 Å². The maximum Gasteiger partial charge on any atom is 0.408 e. The number of benzene rings is 1. The molecule has 0 unspecified atom stereocenters. The molecule has 0 saturated carbocycles. The third-order valence-corrected chi connectivity index (χ3v) is 2.79. The summed E-state index contributed by atoms with van der Waals surface area (Å²) >= 11 is 0. The van der Waals surface area contributed by atoms with Crippen LogP contribution in [-0.4, -0.2) is 30.1 Å². The van der Waals surface area contributed by atoms with Crippen molar-refractivity contribution in [1.82, 2.24) is 10.6 Å². The SMILES string of the molecule is C/C=C/C(=O)NCc1cccc(NC(=O)CNC(=O)OC(C)(C)C)c1. The second-order valence-corrected chi connectivity index (χ2v) is 6.32. The number of ether oxygens (including phenoxy) is 1. The lowest BCUT2D eigenvalue weighted by molar-refractivity contribution is -0.117. The first-order valence-electron chi connectivity index (χ1n) is 7.96. The van der Waals surface area contributed by atoms with Crippen molar-refractivity contribution in [3.8, 4) is 0 Å². The number of rotatable bonds is 6. The largest absolute Gasteiger partial charge is 0.444 e. The van der Waals surface area contributed by atoms with Crippen LogP contribution in [0.5, 0.6) is 0 Å². The quantitative estimate of drug-likeness (QED) is 0.688. The summed E-state index contributed by atoms with van der Waals surface area (Å²) in [5, 5.41) is 7.80. The van der Waals surface area contributed by atoms with E-state index in [9.17, 15) is 14.4 Å². The van der Waals surface area contributed by atoms with Gasteiger partial charge in [-0.15, -0.1) is 0 Å². The summed E-state index contributed by atoms with van der Waals surface area (Å²) in [4.78, 5) is 34.8. The van der Waals surface area contributed by atoms with E-state index in [2.05, 4.69) is 16.0 Å². The highest BCUT2D eigenvalue weighted by molar-refractivity contribution is 5.94. The van der Waals surface area contributed by atoms with Crippen LogP contribution >= 0.6 is 0 Å². The number of anilines is 1. The number of amides is 3. The molecular formula is C18H25N3O4. The fourth-order valence-corrected chi connectivity index (χ4v) is 1.83. The van der Waals surface area contributed by atoms with Gasteiger partial charge in [0.2, 0.25) is 11.8 Å². The molecular weight excluding hydrogens is 322 g/mol. The highest BCUT2D eigenvalue weighted by Crippen LogP contribution is 2.10. The zero-order chi connectivity index (χ0) is 18.9. The van der Waals surface area contributed by atoms with Crippen LogP contribution in [0.3, 0.4) is 0 Å². The average Bonchev–Trinajstić information content (AvgIpc) is 2.50. The van der Waals surface area contributed by atoms with Crippen molar-refractivity contribution >= 4 is 23.6 Å². The molecule has 0 heterocycles. The summed E-state index contributed by atoms with van der Waals surface area (Å²) in [6, 6.07) is 7.09. The molecule has 0 aromatic heterocycles. The molecule has 25 heavy (non-hydrogen) atoms. The third kappa shape index (κ3) is 9.14. The Labute approximate surface area is 147 Å². The van der Waals surface area contributed by atoms with Gasteiger partial charge in [-0.3, -0.25) is 9.59 Å². The maximum absolute atomic E-state index is 11.9. The standard InChI is InChI=1S/C18H25N3O4/c1-5-7-15(22)19-11-13-8-6-9-14(10-13)21-16(23)12-20-17(24)25-18(2,3)4/h5-10H,11-12H2,1-4H3,(H,19,22)(H,20,24)(H,21,23)/b7-5+. The zero-order valence-corrected chi connectivity index (χ0v) is 15.0. The van der Waals surface area contributed by atoms with E-state index in [1.165, 1.54) is 6.08 Å². The first-order chi connectivity index (χ1) is 11.7. The highest BCUT2D eigenvalue weighted by atomic mass is 16.6. The summed E-state index contributed by atoms with van der Waals surface area (Å²) < 4.78 is 5.06. The molecule has 1 aromatic carbocycles. The average molecular weight is 347 g/mol. The van der Waals surface area contributed by atoms with Gasteiger partial charge in [0.05, 0.1) is 0 Å². The lowest BCUT2D eigenvalue weighted by Crippen LogP contribution is -2.37. The number of hydrogen-bond acceptors (Lipinski definition) is 4. The Hall–Kier alpha value is -2.83. The maximum atomic E-state index is 11.9. The van der Waals surface area contributed by atoms with Gasteiger partial charge in [-0.1, -0.05) is 18.2 Å². The van der Waals surface area contributed by atoms with E-state index in [0.29, 0.717) is 12.2 Å². The topological polar surface area (TPSA) is 96.5 Å². The van der Waals surface area contributed by atoms with Gasteiger partial charge in [0.25, 0.3) is 0 Å². The molecule has 136 valence electrons. The molecule has 0 saturated heterocycles. The van der Waals surface area contributed by atoms with Crippen LogP contribution in [0.25, 0.3) is 0 Å². The van der Waals surface area contributed by atoms with Crippen LogP contribution < -0.4 is 16.0 Å². The van der Waals surface area contributed by atoms with E-state index < -0.39 is 11.7 Å². The molecule has 0 aliphatic carbocycles. The van der Waals surface area contributed by atoms with Crippen LogP contribution in [-0.2, 0) is 20.9 Å². The highest BCUT2D eigenvalue weighted by Gasteiger charge is 2.16. The van der Waals surface area contributed by atoms with Gasteiger partial charge in [-0.25, -0.2) is 4.79 Å². The van der Waals surface area contributed by atoms with Crippen molar-refractivity contribution in [1.29, 1.82) is 0 Å². The molecule has 1 aromatic rings. The normalized spacial score (nSPS) is 11.0. The van der Waals surface area contributed by atoms with Crippen molar-refractivity contribution in [3.63, 3.8) is 0 Å². The Morgan fingerprint density at radius 1 is 1.16 bits per heavy atom. The van der Waals surface area contributed by atoms with Crippen LogP contribution in [0.4, 0.5) is 10.5 Å². The molecule has 0 aliphatic heterocycles. The zero-order valence-electron chi connectivity index (χ0n) is 15.0. The first kappa shape index (κ1) is 20.2. The van der Waals surface area contributed by atoms with Crippen LogP contribution in [0, 0.1) is 0 Å². The summed E-state index contributed by atoms with van der Waals surface area (Å²) in [6.45, 7) is 7.15. The summed E-state index contributed by atoms with van der Waals surface area (Å²) in [6.07, 6.45) is 2.44. The van der Waals surface area contributed by atoms with Crippen LogP contribution in [0.15, 0.2) is 36.4 Å². The monoisotopic (exact) mass is 347 g/mol.